The summed E-state index contributed by atoms with van der Waals surface area (Å²) in [6.07, 6.45) is 3.62. The molecule has 2 heterocycles. The van der Waals surface area contributed by atoms with Gasteiger partial charge in [-0.25, -0.2) is 4.98 Å². The van der Waals surface area contributed by atoms with Crippen molar-refractivity contribution in [3.05, 3.63) is 64.2 Å². The highest BCUT2D eigenvalue weighted by molar-refractivity contribution is 5.85. The standard InChI is InChI=1S/C23H24N2O2.CH2O2/c1-15-9-23(24-21-12-18-4-2-3-17(18)11-20(15)21)25-7-8-27-22-6-5-16(14-26)10-19(22)13-25;2-1-3/h5-6,9-12,26H,2-4,7-8,13-14H2,1H3;1H,(H,2,3). The van der Waals surface area contributed by atoms with Crippen molar-refractivity contribution in [3.63, 3.8) is 0 Å². The Balaban J connectivity index is 0.000000687. The quantitative estimate of drug-likeness (QED) is 0.633. The molecule has 5 rings (SSSR count). The van der Waals surface area contributed by atoms with E-state index in [1.165, 1.54) is 41.3 Å². The lowest BCUT2D eigenvalue weighted by Crippen LogP contribution is -2.26. The third-order valence-corrected chi connectivity index (χ3v) is 5.83. The summed E-state index contributed by atoms with van der Waals surface area (Å²) in [5.41, 5.74) is 7.35. The van der Waals surface area contributed by atoms with Crippen molar-refractivity contribution < 1.29 is 19.7 Å². The number of aromatic nitrogens is 1. The number of carbonyl (C=O) groups is 1. The zero-order valence-corrected chi connectivity index (χ0v) is 17.1. The highest BCUT2D eigenvalue weighted by atomic mass is 16.5. The topological polar surface area (TPSA) is 82.9 Å². The minimum absolute atomic E-state index is 0.0473. The summed E-state index contributed by atoms with van der Waals surface area (Å²) < 4.78 is 5.93. The normalized spacial score (nSPS) is 14.8. The number of ether oxygens (including phenoxy) is 1. The fourth-order valence-corrected chi connectivity index (χ4v) is 4.35. The van der Waals surface area contributed by atoms with E-state index in [1.807, 2.05) is 18.2 Å². The van der Waals surface area contributed by atoms with Crippen LogP contribution < -0.4 is 9.64 Å². The Hall–Kier alpha value is -3.12. The fraction of sp³-hybridized carbons (Fsp3) is 0.333. The van der Waals surface area contributed by atoms with Crippen molar-refractivity contribution in [2.24, 2.45) is 0 Å². The number of benzene rings is 2. The summed E-state index contributed by atoms with van der Waals surface area (Å²) in [4.78, 5) is 15.7. The van der Waals surface area contributed by atoms with Gasteiger partial charge >= 0.3 is 0 Å². The molecule has 1 aromatic heterocycles. The zero-order chi connectivity index (χ0) is 21.1. The van der Waals surface area contributed by atoms with Crippen molar-refractivity contribution in [1.29, 1.82) is 0 Å². The van der Waals surface area contributed by atoms with E-state index in [1.54, 1.807) is 0 Å². The van der Waals surface area contributed by atoms with E-state index in [0.29, 0.717) is 6.61 Å². The number of fused-ring (bicyclic) bond motifs is 3. The Labute approximate surface area is 175 Å². The summed E-state index contributed by atoms with van der Waals surface area (Å²) in [6, 6.07) is 12.8. The molecule has 0 unspecified atom stereocenters. The molecule has 6 heteroatoms. The number of nitrogens with zero attached hydrogens (tertiary/aromatic N) is 2. The maximum Gasteiger partial charge on any atom is 0.290 e. The molecule has 1 aliphatic heterocycles. The second-order valence-corrected chi connectivity index (χ2v) is 7.76. The van der Waals surface area contributed by atoms with Crippen molar-refractivity contribution in [1.82, 2.24) is 4.98 Å². The van der Waals surface area contributed by atoms with E-state index in [9.17, 15) is 5.11 Å². The van der Waals surface area contributed by atoms with Crippen molar-refractivity contribution >= 4 is 23.2 Å². The number of anilines is 1. The molecule has 2 N–H and O–H groups in total. The molecule has 0 radical (unpaired) electrons. The predicted octanol–water partition coefficient (Wildman–Crippen LogP) is 3.62. The van der Waals surface area contributed by atoms with E-state index in [0.717, 1.165) is 41.3 Å². The largest absolute Gasteiger partial charge is 0.491 e. The van der Waals surface area contributed by atoms with Gasteiger partial charge in [0.25, 0.3) is 6.47 Å². The SMILES string of the molecule is Cc1cc(N2CCOc3ccc(CO)cc3C2)nc2cc3c(cc12)CCC3.O=CO. The minimum atomic E-state index is -0.250. The minimum Gasteiger partial charge on any atom is -0.491 e. The first-order valence-corrected chi connectivity index (χ1v) is 10.2. The lowest BCUT2D eigenvalue weighted by molar-refractivity contribution is -0.122. The number of hydrogen-bond acceptors (Lipinski definition) is 5. The maximum absolute atomic E-state index is 9.46. The van der Waals surface area contributed by atoms with Gasteiger partial charge in [0.1, 0.15) is 18.2 Å². The summed E-state index contributed by atoms with van der Waals surface area (Å²) in [5, 5.41) is 17.6. The molecule has 0 atom stereocenters. The molecule has 0 saturated carbocycles. The first kappa shape index (κ1) is 20.2. The highest BCUT2D eigenvalue weighted by Crippen LogP contribution is 2.32. The zero-order valence-electron chi connectivity index (χ0n) is 17.1. The molecule has 156 valence electrons. The lowest BCUT2D eigenvalue weighted by atomic mass is 10.0. The average molecular weight is 406 g/mol. The Morgan fingerprint density at radius 2 is 1.90 bits per heavy atom. The van der Waals surface area contributed by atoms with E-state index in [4.69, 9.17) is 19.6 Å². The number of aliphatic hydroxyl groups excluding tert-OH is 1. The van der Waals surface area contributed by atoms with Gasteiger partial charge < -0.3 is 19.8 Å². The van der Waals surface area contributed by atoms with Gasteiger partial charge in [-0.15, -0.1) is 0 Å². The van der Waals surface area contributed by atoms with Gasteiger partial charge in [-0.2, -0.15) is 0 Å². The van der Waals surface area contributed by atoms with E-state index < -0.39 is 0 Å². The van der Waals surface area contributed by atoms with Crippen LogP contribution in [0.4, 0.5) is 5.82 Å². The van der Waals surface area contributed by atoms with Crippen LogP contribution in [0.5, 0.6) is 5.75 Å². The van der Waals surface area contributed by atoms with Crippen LogP contribution in [-0.2, 0) is 30.8 Å². The van der Waals surface area contributed by atoms with Crippen molar-refractivity contribution in [3.8, 4) is 5.75 Å². The first-order chi connectivity index (χ1) is 14.6. The van der Waals surface area contributed by atoms with Gasteiger partial charge in [-0.1, -0.05) is 6.07 Å². The lowest BCUT2D eigenvalue weighted by Gasteiger charge is -2.22. The second kappa shape index (κ2) is 8.71. The number of aliphatic hydroxyl groups is 1. The monoisotopic (exact) mass is 406 g/mol. The molecule has 0 bridgehead atoms. The molecule has 2 aliphatic rings. The number of carboxylic acid groups (broad SMARTS) is 1. The second-order valence-electron chi connectivity index (χ2n) is 7.76. The smallest absolute Gasteiger partial charge is 0.290 e. The average Bonchev–Trinajstić information content (AvgIpc) is 3.09. The van der Waals surface area contributed by atoms with Gasteiger partial charge in [0, 0.05) is 17.5 Å². The van der Waals surface area contributed by atoms with Crippen LogP contribution in [-0.4, -0.2) is 34.8 Å². The molecule has 6 nitrogen and oxygen atoms in total. The van der Waals surface area contributed by atoms with Gasteiger partial charge in [-0.3, -0.25) is 4.79 Å². The van der Waals surface area contributed by atoms with Crippen LogP contribution >= 0.6 is 0 Å². The maximum atomic E-state index is 9.46. The number of pyridine rings is 1. The third kappa shape index (κ3) is 3.96. The molecular weight excluding hydrogens is 380 g/mol. The first-order valence-electron chi connectivity index (χ1n) is 10.2. The molecule has 2 aromatic carbocycles. The number of aryl methyl sites for hydroxylation is 3. The summed E-state index contributed by atoms with van der Waals surface area (Å²) >= 11 is 0. The Kier molecular flexibility index (Phi) is 5.86. The summed E-state index contributed by atoms with van der Waals surface area (Å²) in [5.74, 6) is 1.91. The van der Waals surface area contributed by atoms with Crippen LogP contribution in [0, 0.1) is 6.92 Å². The highest BCUT2D eigenvalue weighted by Gasteiger charge is 2.19. The molecule has 0 spiro atoms. The van der Waals surface area contributed by atoms with Crippen LogP contribution in [0.3, 0.4) is 0 Å². The van der Waals surface area contributed by atoms with Gasteiger partial charge in [0.2, 0.25) is 0 Å². The van der Waals surface area contributed by atoms with E-state index in [2.05, 4.69) is 30.0 Å². The number of hydrogen-bond donors (Lipinski definition) is 2. The molecule has 1 aliphatic carbocycles. The van der Waals surface area contributed by atoms with E-state index >= 15 is 0 Å². The van der Waals surface area contributed by atoms with Gasteiger partial charge in [-0.05, 0) is 78.8 Å². The molecule has 30 heavy (non-hydrogen) atoms. The van der Waals surface area contributed by atoms with Crippen LogP contribution in [0.15, 0.2) is 36.4 Å². The molecule has 3 aromatic rings. The Morgan fingerprint density at radius 1 is 1.13 bits per heavy atom. The molecule has 0 saturated heterocycles. The molecule has 0 amide bonds. The molecular formula is C24H26N2O4. The van der Waals surface area contributed by atoms with Crippen LogP contribution in [0.1, 0.15) is 34.2 Å². The number of rotatable bonds is 2. The van der Waals surface area contributed by atoms with Crippen LogP contribution in [0.2, 0.25) is 0 Å². The van der Waals surface area contributed by atoms with Crippen molar-refractivity contribution in [2.75, 3.05) is 18.1 Å². The third-order valence-electron chi connectivity index (χ3n) is 5.83. The van der Waals surface area contributed by atoms with Gasteiger partial charge in [0.15, 0.2) is 0 Å². The Morgan fingerprint density at radius 3 is 2.67 bits per heavy atom. The van der Waals surface area contributed by atoms with E-state index in [-0.39, 0.29) is 13.1 Å². The van der Waals surface area contributed by atoms with Crippen LogP contribution in [0.25, 0.3) is 10.9 Å². The summed E-state index contributed by atoms with van der Waals surface area (Å²) in [6.45, 7) is 4.15. The predicted molar refractivity (Wildman–Crippen MR) is 116 cm³/mol. The fourth-order valence-electron chi connectivity index (χ4n) is 4.35. The molecule has 0 fully saturated rings. The Bertz CT molecular complexity index is 1080. The summed E-state index contributed by atoms with van der Waals surface area (Å²) in [7, 11) is 0. The van der Waals surface area contributed by atoms with Gasteiger partial charge in [0.05, 0.1) is 18.7 Å². The van der Waals surface area contributed by atoms with Crippen molar-refractivity contribution in [2.45, 2.75) is 39.3 Å².